The van der Waals surface area contributed by atoms with Gasteiger partial charge in [0.1, 0.15) is 4.90 Å². The summed E-state index contributed by atoms with van der Waals surface area (Å²) in [6.07, 6.45) is 0. The Morgan fingerprint density at radius 3 is 2.62 bits per heavy atom. The molecule has 8 heteroatoms. The summed E-state index contributed by atoms with van der Waals surface area (Å²) in [5.41, 5.74) is 1.18. The first-order valence-electron chi connectivity index (χ1n) is 5.92. The highest BCUT2D eigenvalue weighted by molar-refractivity contribution is 7.89. The van der Waals surface area contributed by atoms with Gasteiger partial charge in [0, 0.05) is 18.6 Å². The summed E-state index contributed by atoms with van der Waals surface area (Å²) in [6.45, 7) is -0.140. The molecule has 0 saturated heterocycles. The smallest absolute Gasteiger partial charge is 0.244 e. The third-order valence-electron chi connectivity index (χ3n) is 2.92. The van der Waals surface area contributed by atoms with Crippen molar-refractivity contribution in [3.05, 3.63) is 50.1 Å². The van der Waals surface area contributed by atoms with E-state index in [9.17, 15) is 13.5 Å². The number of sulfonamides is 1. The van der Waals surface area contributed by atoms with E-state index < -0.39 is 10.0 Å². The van der Waals surface area contributed by atoms with Crippen molar-refractivity contribution >= 4 is 44.6 Å². The van der Waals surface area contributed by atoms with Gasteiger partial charge in [-0.1, -0.05) is 23.2 Å². The van der Waals surface area contributed by atoms with Crippen LogP contribution in [0.3, 0.4) is 0 Å². The standard InChI is InChI=1S/C13H13Cl2NO3S2/c1-16(6-9-2-3-20-8-9)21(18,19)12-5-11(14)4-10(7-17)13(12)15/h2-5,8,17H,6-7H2,1H3. The van der Waals surface area contributed by atoms with Crippen molar-refractivity contribution in [2.75, 3.05) is 7.05 Å². The normalized spacial score (nSPS) is 12.0. The monoisotopic (exact) mass is 365 g/mol. The minimum absolute atomic E-state index is 0.000862. The molecule has 0 spiro atoms. The van der Waals surface area contributed by atoms with Crippen LogP contribution in [-0.4, -0.2) is 24.9 Å². The van der Waals surface area contributed by atoms with Crippen LogP contribution in [0.2, 0.25) is 10.0 Å². The van der Waals surface area contributed by atoms with Crippen LogP contribution in [0.15, 0.2) is 33.9 Å². The Morgan fingerprint density at radius 2 is 2.05 bits per heavy atom. The molecule has 0 aliphatic heterocycles. The molecule has 2 rings (SSSR count). The predicted molar refractivity (Wildman–Crippen MR) is 85.4 cm³/mol. The number of aliphatic hydroxyl groups is 1. The molecular formula is C13H13Cl2NO3S2. The quantitative estimate of drug-likeness (QED) is 0.883. The molecule has 114 valence electrons. The SMILES string of the molecule is CN(Cc1ccsc1)S(=O)(=O)c1cc(Cl)cc(CO)c1Cl. The van der Waals surface area contributed by atoms with E-state index in [-0.39, 0.29) is 33.7 Å². The molecule has 1 aromatic carbocycles. The van der Waals surface area contributed by atoms with Gasteiger partial charge < -0.3 is 5.11 Å². The summed E-state index contributed by atoms with van der Waals surface area (Å²) >= 11 is 13.5. The van der Waals surface area contributed by atoms with Crippen molar-refractivity contribution < 1.29 is 13.5 Å². The van der Waals surface area contributed by atoms with Gasteiger partial charge in [-0.3, -0.25) is 0 Å². The molecule has 0 atom stereocenters. The highest BCUT2D eigenvalue weighted by Crippen LogP contribution is 2.31. The van der Waals surface area contributed by atoms with E-state index in [2.05, 4.69) is 0 Å². The number of hydrogen-bond donors (Lipinski definition) is 1. The highest BCUT2D eigenvalue weighted by atomic mass is 35.5. The van der Waals surface area contributed by atoms with Crippen LogP contribution in [0, 0.1) is 0 Å². The Labute approximate surface area is 137 Å². The van der Waals surface area contributed by atoms with Gasteiger partial charge >= 0.3 is 0 Å². The third-order valence-corrected chi connectivity index (χ3v) is 6.26. The fourth-order valence-corrected chi connectivity index (χ4v) is 4.53. The molecule has 0 fully saturated rings. The van der Waals surface area contributed by atoms with Crippen LogP contribution in [0.1, 0.15) is 11.1 Å². The van der Waals surface area contributed by atoms with Crippen molar-refractivity contribution in [1.29, 1.82) is 0 Å². The van der Waals surface area contributed by atoms with Gasteiger partial charge in [-0.05, 0) is 40.1 Å². The van der Waals surface area contributed by atoms with Gasteiger partial charge in [-0.2, -0.15) is 15.6 Å². The second-order valence-corrected chi connectivity index (χ2v) is 8.04. The lowest BCUT2D eigenvalue weighted by Gasteiger charge is -2.18. The van der Waals surface area contributed by atoms with Crippen LogP contribution < -0.4 is 0 Å². The number of benzene rings is 1. The fraction of sp³-hybridized carbons (Fsp3) is 0.231. The minimum atomic E-state index is -3.79. The second-order valence-electron chi connectivity index (χ2n) is 4.43. The molecule has 4 nitrogen and oxygen atoms in total. The Kier molecular flexibility index (Phi) is 5.29. The Balaban J connectivity index is 2.41. The second kappa shape index (κ2) is 6.64. The number of hydrogen-bond acceptors (Lipinski definition) is 4. The zero-order valence-electron chi connectivity index (χ0n) is 11.1. The van der Waals surface area contributed by atoms with E-state index in [1.165, 1.54) is 34.8 Å². The molecule has 0 aliphatic carbocycles. The van der Waals surface area contributed by atoms with E-state index in [1.807, 2.05) is 16.8 Å². The van der Waals surface area contributed by atoms with Crippen LogP contribution in [0.4, 0.5) is 0 Å². The van der Waals surface area contributed by atoms with Gasteiger partial charge in [0.25, 0.3) is 0 Å². The van der Waals surface area contributed by atoms with Gasteiger partial charge in [-0.25, -0.2) is 8.42 Å². The summed E-state index contributed by atoms with van der Waals surface area (Å²) in [5.74, 6) is 0. The van der Waals surface area contributed by atoms with Crippen LogP contribution in [0.5, 0.6) is 0 Å². The first-order chi connectivity index (χ1) is 9.86. The zero-order valence-corrected chi connectivity index (χ0v) is 14.2. The summed E-state index contributed by atoms with van der Waals surface area (Å²) in [4.78, 5) is -0.0987. The summed E-state index contributed by atoms with van der Waals surface area (Å²) in [5, 5.41) is 13.2. The molecular weight excluding hydrogens is 353 g/mol. The average Bonchev–Trinajstić information content (AvgIpc) is 2.93. The topological polar surface area (TPSA) is 57.6 Å². The van der Waals surface area contributed by atoms with Gasteiger partial charge in [0.2, 0.25) is 10.0 Å². The number of rotatable bonds is 5. The lowest BCUT2D eigenvalue weighted by Crippen LogP contribution is -2.26. The maximum atomic E-state index is 12.6. The first kappa shape index (κ1) is 16.7. The highest BCUT2D eigenvalue weighted by Gasteiger charge is 2.25. The minimum Gasteiger partial charge on any atom is -0.392 e. The molecule has 1 N–H and O–H groups in total. The lowest BCUT2D eigenvalue weighted by molar-refractivity contribution is 0.281. The van der Waals surface area contributed by atoms with Crippen molar-refractivity contribution in [3.63, 3.8) is 0 Å². The number of halogens is 2. The predicted octanol–water partition coefficient (Wildman–Crippen LogP) is 3.37. The summed E-state index contributed by atoms with van der Waals surface area (Å²) < 4.78 is 26.4. The molecule has 0 unspecified atom stereocenters. The molecule has 0 bridgehead atoms. The van der Waals surface area contributed by atoms with Gasteiger partial charge in [0.15, 0.2) is 0 Å². The van der Waals surface area contributed by atoms with Gasteiger partial charge in [-0.15, -0.1) is 0 Å². The maximum absolute atomic E-state index is 12.6. The van der Waals surface area contributed by atoms with Crippen molar-refractivity contribution in [2.45, 2.75) is 18.0 Å². The third kappa shape index (κ3) is 3.59. The molecule has 0 aliphatic rings. The first-order valence-corrected chi connectivity index (χ1v) is 9.06. The zero-order chi connectivity index (χ0) is 15.6. The van der Waals surface area contributed by atoms with Crippen molar-refractivity contribution in [2.24, 2.45) is 0 Å². The Bertz CT molecular complexity index is 730. The van der Waals surface area contributed by atoms with Crippen molar-refractivity contribution in [1.82, 2.24) is 4.31 Å². The molecule has 0 amide bonds. The molecule has 1 aromatic heterocycles. The van der Waals surface area contributed by atoms with E-state index in [0.29, 0.717) is 0 Å². The van der Waals surface area contributed by atoms with Crippen molar-refractivity contribution in [3.8, 4) is 0 Å². The number of nitrogens with zero attached hydrogens (tertiary/aromatic N) is 1. The summed E-state index contributed by atoms with van der Waals surface area (Å²) in [7, 11) is -2.32. The average molecular weight is 366 g/mol. The van der Waals surface area contributed by atoms with E-state index in [4.69, 9.17) is 23.2 Å². The molecule has 1 heterocycles. The summed E-state index contributed by atoms with van der Waals surface area (Å²) in [6, 6.07) is 4.60. The molecule has 0 saturated carbocycles. The Hall–Kier alpha value is -0.630. The van der Waals surface area contributed by atoms with Crippen LogP contribution in [-0.2, 0) is 23.2 Å². The van der Waals surface area contributed by atoms with Crippen LogP contribution >= 0.6 is 34.5 Å². The number of thiophene rings is 1. The number of aliphatic hydroxyl groups excluding tert-OH is 1. The molecule has 21 heavy (non-hydrogen) atoms. The van der Waals surface area contributed by atoms with Crippen LogP contribution in [0.25, 0.3) is 0 Å². The molecule has 2 aromatic rings. The van der Waals surface area contributed by atoms with Gasteiger partial charge in [0.05, 0.1) is 11.6 Å². The maximum Gasteiger partial charge on any atom is 0.244 e. The largest absolute Gasteiger partial charge is 0.392 e. The van der Waals surface area contributed by atoms with E-state index in [1.54, 1.807) is 0 Å². The fourth-order valence-electron chi connectivity index (χ4n) is 1.81. The van der Waals surface area contributed by atoms with E-state index in [0.717, 1.165) is 5.56 Å². The lowest BCUT2D eigenvalue weighted by atomic mass is 10.2. The molecule has 0 radical (unpaired) electrons. The Morgan fingerprint density at radius 1 is 1.33 bits per heavy atom. The van der Waals surface area contributed by atoms with E-state index >= 15 is 0 Å².